The van der Waals surface area contributed by atoms with Gasteiger partial charge in [0.2, 0.25) is 5.91 Å². The number of carbonyl (C=O) groups is 1. The molecule has 0 heterocycles. The lowest BCUT2D eigenvalue weighted by Crippen LogP contribution is -2.33. The molecule has 0 fully saturated rings. The van der Waals surface area contributed by atoms with Crippen molar-refractivity contribution in [2.75, 3.05) is 0 Å². The van der Waals surface area contributed by atoms with Crippen LogP contribution >= 0.6 is 11.6 Å². The summed E-state index contributed by atoms with van der Waals surface area (Å²) in [6.45, 7) is 1.67. The van der Waals surface area contributed by atoms with Gasteiger partial charge in [-0.2, -0.15) is 0 Å². The lowest BCUT2D eigenvalue weighted by molar-refractivity contribution is -0.120. The summed E-state index contributed by atoms with van der Waals surface area (Å²) in [4.78, 5) is 11.9. The zero-order valence-electron chi connectivity index (χ0n) is 10.7. The van der Waals surface area contributed by atoms with E-state index < -0.39 is 5.38 Å². The molecule has 98 valence electrons. The fourth-order valence-corrected chi connectivity index (χ4v) is 1.97. The van der Waals surface area contributed by atoms with E-state index in [1.54, 1.807) is 6.92 Å². The smallest absolute Gasteiger partial charge is 0.238 e. The molecule has 0 saturated heterocycles. The number of halogens is 1. The fourth-order valence-electron chi connectivity index (χ4n) is 1.91. The first-order valence-electron chi connectivity index (χ1n) is 6.23. The van der Waals surface area contributed by atoms with Crippen molar-refractivity contribution in [3.63, 3.8) is 0 Å². The highest BCUT2D eigenvalue weighted by atomic mass is 35.5. The summed E-state index contributed by atoms with van der Waals surface area (Å²) >= 11 is 5.84. The third-order valence-electron chi connectivity index (χ3n) is 2.91. The Morgan fingerprint density at radius 3 is 1.74 bits per heavy atom. The van der Waals surface area contributed by atoms with Crippen LogP contribution in [0.4, 0.5) is 0 Å². The van der Waals surface area contributed by atoms with Crippen molar-refractivity contribution in [3.05, 3.63) is 71.8 Å². The van der Waals surface area contributed by atoms with Crippen LogP contribution in [0.25, 0.3) is 0 Å². The molecule has 2 aromatic carbocycles. The van der Waals surface area contributed by atoms with Crippen LogP contribution in [-0.4, -0.2) is 11.3 Å². The predicted molar refractivity (Wildman–Crippen MR) is 78.2 cm³/mol. The van der Waals surface area contributed by atoms with Gasteiger partial charge in [-0.25, -0.2) is 0 Å². The highest BCUT2D eigenvalue weighted by Gasteiger charge is 2.18. The van der Waals surface area contributed by atoms with Gasteiger partial charge < -0.3 is 5.32 Å². The van der Waals surface area contributed by atoms with E-state index in [-0.39, 0.29) is 11.9 Å². The average Bonchev–Trinajstić information content (AvgIpc) is 2.46. The molecule has 0 spiro atoms. The Bertz CT molecular complexity index is 485. The molecule has 19 heavy (non-hydrogen) atoms. The number of benzene rings is 2. The SMILES string of the molecule is C[C@H](Cl)C(=O)NC(c1ccccc1)c1ccccc1. The van der Waals surface area contributed by atoms with Crippen molar-refractivity contribution >= 4 is 17.5 Å². The molecule has 0 saturated carbocycles. The molecule has 0 aliphatic heterocycles. The maximum atomic E-state index is 11.9. The molecule has 0 radical (unpaired) electrons. The van der Waals surface area contributed by atoms with Crippen LogP contribution in [-0.2, 0) is 4.79 Å². The molecule has 0 bridgehead atoms. The summed E-state index contributed by atoms with van der Waals surface area (Å²) in [5, 5.41) is 2.43. The van der Waals surface area contributed by atoms with Crippen LogP contribution in [0.2, 0.25) is 0 Å². The molecular formula is C16H16ClNO. The molecule has 1 atom stereocenters. The average molecular weight is 274 g/mol. The Hall–Kier alpha value is -1.80. The zero-order chi connectivity index (χ0) is 13.7. The molecule has 2 aromatic rings. The molecule has 0 aliphatic carbocycles. The summed E-state index contributed by atoms with van der Waals surface area (Å²) in [6.07, 6.45) is 0. The Morgan fingerprint density at radius 2 is 1.37 bits per heavy atom. The number of amides is 1. The first-order chi connectivity index (χ1) is 9.18. The van der Waals surface area contributed by atoms with Gasteiger partial charge in [-0.15, -0.1) is 11.6 Å². The molecule has 2 rings (SSSR count). The summed E-state index contributed by atoms with van der Waals surface area (Å²) in [7, 11) is 0. The van der Waals surface area contributed by atoms with Gasteiger partial charge in [-0.05, 0) is 18.1 Å². The summed E-state index contributed by atoms with van der Waals surface area (Å²) in [5.74, 6) is -0.167. The quantitative estimate of drug-likeness (QED) is 0.849. The summed E-state index contributed by atoms with van der Waals surface area (Å²) in [5.41, 5.74) is 2.08. The molecule has 2 nitrogen and oxygen atoms in total. The normalized spacial score (nSPS) is 12.2. The highest BCUT2D eigenvalue weighted by Crippen LogP contribution is 2.22. The Kier molecular flexibility index (Phi) is 4.58. The van der Waals surface area contributed by atoms with Gasteiger partial charge in [0.25, 0.3) is 0 Å². The molecule has 0 unspecified atom stereocenters. The van der Waals surface area contributed by atoms with Gasteiger partial charge >= 0.3 is 0 Å². The molecule has 0 aromatic heterocycles. The van der Waals surface area contributed by atoms with E-state index >= 15 is 0 Å². The number of alkyl halides is 1. The summed E-state index contributed by atoms with van der Waals surface area (Å²) < 4.78 is 0. The van der Waals surface area contributed by atoms with Crippen molar-refractivity contribution < 1.29 is 4.79 Å². The third kappa shape index (κ3) is 3.58. The van der Waals surface area contributed by atoms with Crippen molar-refractivity contribution in [2.24, 2.45) is 0 Å². The Labute approximate surface area is 118 Å². The molecule has 3 heteroatoms. The van der Waals surface area contributed by atoms with Gasteiger partial charge in [0.1, 0.15) is 5.38 Å². The van der Waals surface area contributed by atoms with Crippen molar-refractivity contribution in [3.8, 4) is 0 Å². The first-order valence-corrected chi connectivity index (χ1v) is 6.66. The minimum Gasteiger partial charge on any atom is -0.344 e. The van der Waals surface area contributed by atoms with E-state index in [9.17, 15) is 4.79 Å². The number of nitrogens with one attached hydrogen (secondary N) is 1. The van der Waals surface area contributed by atoms with E-state index in [1.165, 1.54) is 0 Å². The topological polar surface area (TPSA) is 29.1 Å². The van der Waals surface area contributed by atoms with Gasteiger partial charge in [-0.1, -0.05) is 60.7 Å². The molecule has 1 amide bonds. The van der Waals surface area contributed by atoms with E-state index in [0.29, 0.717) is 0 Å². The van der Waals surface area contributed by atoms with E-state index in [1.807, 2.05) is 60.7 Å². The van der Waals surface area contributed by atoms with Crippen LogP contribution in [0, 0.1) is 0 Å². The Morgan fingerprint density at radius 1 is 0.947 bits per heavy atom. The maximum absolute atomic E-state index is 11.9. The lowest BCUT2D eigenvalue weighted by Gasteiger charge is -2.20. The second kappa shape index (κ2) is 6.39. The fraction of sp³-hybridized carbons (Fsp3) is 0.188. The zero-order valence-corrected chi connectivity index (χ0v) is 11.5. The van der Waals surface area contributed by atoms with Crippen molar-refractivity contribution in [1.29, 1.82) is 0 Å². The van der Waals surface area contributed by atoms with Crippen molar-refractivity contribution in [1.82, 2.24) is 5.32 Å². The largest absolute Gasteiger partial charge is 0.344 e. The van der Waals surface area contributed by atoms with E-state index in [2.05, 4.69) is 5.32 Å². The van der Waals surface area contributed by atoms with Crippen LogP contribution in [0.15, 0.2) is 60.7 Å². The van der Waals surface area contributed by atoms with Crippen LogP contribution < -0.4 is 5.32 Å². The number of hydrogen-bond acceptors (Lipinski definition) is 1. The lowest BCUT2D eigenvalue weighted by atomic mass is 9.98. The molecule has 0 aliphatic rings. The first kappa shape index (κ1) is 13.6. The second-order valence-electron chi connectivity index (χ2n) is 4.38. The third-order valence-corrected chi connectivity index (χ3v) is 3.11. The van der Waals surface area contributed by atoms with Crippen LogP contribution in [0.1, 0.15) is 24.1 Å². The maximum Gasteiger partial charge on any atom is 0.238 e. The highest BCUT2D eigenvalue weighted by molar-refractivity contribution is 6.30. The number of carbonyl (C=O) groups excluding carboxylic acids is 1. The Balaban J connectivity index is 2.32. The van der Waals surface area contributed by atoms with Gasteiger partial charge in [0.05, 0.1) is 6.04 Å². The number of hydrogen-bond donors (Lipinski definition) is 1. The van der Waals surface area contributed by atoms with Crippen LogP contribution in [0.3, 0.4) is 0 Å². The molecule has 1 N–H and O–H groups in total. The minimum atomic E-state index is -0.546. The predicted octanol–water partition coefficient (Wildman–Crippen LogP) is 3.52. The number of rotatable bonds is 4. The van der Waals surface area contributed by atoms with Crippen LogP contribution in [0.5, 0.6) is 0 Å². The van der Waals surface area contributed by atoms with Gasteiger partial charge in [0, 0.05) is 0 Å². The molecular weight excluding hydrogens is 258 g/mol. The standard InChI is InChI=1S/C16H16ClNO/c1-12(17)16(19)18-15(13-8-4-2-5-9-13)14-10-6-3-7-11-14/h2-12,15H,1H3,(H,18,19)/t12-/m0/s1. The van der Waals surface area contributed by atoms with Gasteiger partial charge in [-0.3, -0.25) is 4.79 Å². The van der Waals surface area contributed by atoms with Crippen molar-refractivity contribution in [2.45, 2.75) is 18.3 Å². The monoisotopic (exact) mass is 273 g/mol. The van der Waals surface area contributed by atoms with Gasteiger partial charge in [0.15, 0.2) is 0 Å². The van der Waals surface area contributed by atoms with E-state index in [0.717, 1.165) is 11.1 Å². The summed E-state index contributed by atoms with van der Waals surface area (Å²) in [6, 6.07) is 19.6. The second-order valence-corrected chi connectivity index (χ2v) is 5.03. The minimum absolute atomic E-state index is 0.167. The van der Waals surface area contributed by atoms with E-state index in [4.69, 9.17) is 11.6 Å².